The average Bonchev–Trinajstić information content (AvgIpc) is 3.36. The minimum atomic E-state index is -0.567. The Bertz CT molecular complexity index is 1440. The van der Waals surface area contributed by atoms with Crippen molar-refractivity contribution in [3.63, 3.8) is 0 Å². The monoisotopic (exact) mass is 530 g/mol. The van der Waals surface area contributed by atoms with Crippen molar-refractivity contribution in [3.05, 3.63) is 81.4 Å². The summed E-state index contributed by atoms with van der Waals surface area (Å²) in [4.78, 5) is 33.8. The number of carbonyl (C=O) groups is 2. The zero-order valence-electron chi connectivity index (χ0n) is 16.5. The Hall–Kier alpha value is -2.69. The van der Waals surface area contributed by atoms with Crippen LogP contribution in [0.3, 0.4) is 0 Å². The highest BCUT2D eigenvalue weighted by atomic mass is 35.5. The first-order valence-electron chi connectivity index (χ1n) is 9.47. The number of aromatic nitrogens is 2. The van der Waals surface area contributed by atoms with Crippen molar-refractivity contribution in [2.45, 2.75) is 9.92 Å². The third kappa shape index (κ3) is 4.30. The fourth-order valence-electron chi connectivity index (χ4n) is 3.22. The van der Waals surface area contributed by atoms with Gasteiger partial charge in [-0.25, -0.2) is 4.98 Å². The predicted molar refractivity (Wildman–Crippen MR) is 136 cm³/mol. The molecule has 1 saturated heterocycles. The van der Waals surface area contributed by atoms with Gasteiger partial charge in [-0.15, -0.1) is 11.3 Å². The van der Waals surface area contributed by atoms with Crippen LogP contribution in [0.25, 0.3) is 11.0 Å². The van der Waals surface area contributed by atoms with E-state index in [2.05, 4.69) is 10.3 Å². The fourth-order valence-corrected chi connectivity index (χ4v) is 5.42. The summed E-state index contributed by atoms with van der Waals surface area (Å²) in [7, 11) is 0. The van der Waals surface area contributed by atoms with Gasteiger partial charge in [-0.1, -0.05) is 35.0 Å². The van der Waals surface area contributed by atoms with Crippen molar-refractivity contribution >= 4 is 92.2 Å². The first-order chi connectivity index (χ1) is 15.9. The molecule has 0 saturated carbocycles. The molecule has 0 radical (unpaired) electrons. The van der Waals surface area contributed by atoms with E-state index in [0.717, 1.165) is 9.86 Å². The molecule has 164 valence electrons. The van der Waals surface area contributed by atoms with Gasteiger partial charge in [-0.2, -0.15) is 0 Å². The number of thiazole rings is 1. The zero-order chi connectivity index (χ0) is 23.1. The van der Waals surface area contributed by atoms with E-state index in [0.29, 0.717) is 26.5 Å². The topological polar surface area (TPSA) is 66.7 Å². The summed E-state index contributed by atoms with van der Waals surface area (Å²) in [6.45, 7) is 0. The summed E-state index contributed by atoms with van der Waals surface area (Å²) in [6, 6.07) is 14.0. The Kier molecular flexibility index (Phi) is 5.98. The van der Waals surface area contributed by atoms with Gasteiger partial charge in [0.1, 0.15) is 10.6 Å². The van der Waals surface area contributed by atoms with Gasteiger partial charge in [-0.3, -0.25) is 24.2 Å². The van der Waals surface area contributed by atoms with Crippen LogP contribution >= 0.6 is 58.5 Å². The smallest absolute Gasteiger partial charge is 0.270 e. The van der Waals surface area contributed by atoms with Crippen molar-refractivity contribution < 1.29 is 9.59 Å². The first kappa shape index (κ1) is 22.1. The van der Waals surface area contributed by atoms with Gasteiger partial charge in [0, 0.05) is 26.5 Å². The van der Waals surface area contributed by atoms with E-state index in [4.69, 9.17) is 35.4 Å². The number of rotatable bonds is 4. The molecule has 33 heavy (non-hydrogen) atoms. The fraction of sp³-hybridized carbons (Fsp3) is 0. The van der Waals surface area contributed by atoms with Gasteiger partial charge < -0.3 is 0 Å². The molecule has 4 aromatic rings. The van der Waals surface area contributed by atoms with Gasteiger partial charge >= 0.3 is 0 Å². The molecule has 1 N–H and O–H groups in total. The second-order valence-electron chi connectivity index (χ2n) is 6.85. The lowest BCUT2D eigenvalue weighted by molar-refractivity contribution is -0.122. The van der Waals surface area contributed by atoms with E-state index in [9.17, 15) is 9.59 Å². The SMILES string of the molecule is O=C1NC(=S)N(c2ccc(Cl)cc2)C(=O)C1=Cc1c(Sc2ccc(Cl)cc2)nc2sccn12. The van der Waals surface area contributed by atoms with Crippen LogP contribution in [-0.2, 0) is 9.59 Å². The molecule has 0 unspecified atom stereocenters. The van der Waals surface area contributed by atoms with Crippen LogP contribution in [0.5, 0.6) is 0 Å². The van der Waals surface area contributed by atoms with Crippen LogP contribution in [0.15, 0.2) is 75.6 Å². The lowest BCUT2D eigenvalue weighted by Crippen LogP contribution is -2.54. The van der Waals surface area contributed by atoms with E-state index >= 15 is 0 Å². The maximum Gasteiger partial charge on any atom is 0.270 e. The lowest BCUT2D eigenvalue weighted by atomic mass is 10.1. The maximum absolute atomic E-state index is 13.4. The third-order valence-corrected chi connectivity index (χ3v) is 7.31. The van der Waals surface area contributed by atoms with Crippen LogP contribution in [-0.4, -0.2) is 26.3 Å². The molecule has 11 heteroatoms. The molecule has 6 nitrogen and oxygen atoms in total. The zero-order valence-corrected chi connectivity index (χ0v) is 20.5. The number of carbonyl (C=O) groups excluding carboxylic acids is 2. The van der Waals surface area contributed by atoms with Crippen LogP contribution in [0, 0.1) is 0 Å². The highest BCUT2D eigenvalue weighted by Crippen LogP contribution is 2.34. The Labute approximate surface area is 211 Å². The number of thiocarbonyl (C=S) groups is 1. The molecule has 0 atom stereocenters. The number of halogens is 2. The number of benzene rings is 2. The maximum atomic E-state index is 13.4. The van der Waals surface area contributed by atoms with Crippen molar-refractivity contribution in [3.8, 4) is 0 Å². The third-order valence-electron chi connectivity index (χ3n) is 4.76. The minimum Gasteiger partial charge on any atom is -0.298 e. The van der Waals surface area contributed by atoms with Gasteiger partial charge in [0.2, 0.25) is 0 Å². The van der Waals surface area contributed by atoms with E-state index in [1.165, 1.54) is 28.0 Å². The van der Waals surface area contributed by atoms with E-state index < -0.39 is 11.8 Å². The normalized spacial score (nSPS) is 15.5. The second-order valence-corrected chi connectivity index (χ2v) is 10.0. The summed E-state index contributed by atoms with van der Waals surface area (Å²) in [5, 5.41) is 6.31. The number of anilines is 1. The van der Waals surface area contributed by atoms with E-state index in [-0.39, 0.29) is 10.7 Å². The van der Waals surface area contributed by atoms with Crippen molar-refractivity contribution in [1.82, 2.24) is 14.7 Å². The second kappa shape index (κ2) is 8.92. The van der Waals surface area contributed by atoms with Gasteiger partial charge in [0.15, 0.2) is 10.1 Å². The van der Waals surface area contributed by atoms with Crippen molar-refractivity contribution in [2.24, 2.45) is 0 Å². The number of amides is 2. The van der Waals surface area contributed by atoms with Crippen LogP contribution < -0.4 is 10.2 Å². The number of imidazole rings is 1. The molecule has 2 amide bonds. The van der Waals surface area contributed by atoms with Crippen molar-refractivity contribution in [1.29, 1.82) is 0 Å². The number of nitrogens with one attached hydrogen (secondary N) is 1. The molecule has 3 heterocycles. The summed E-state index contributed by atoms with van der Waals surface area (Å²) in [5.41, 5.74) is 1.07. The highest BCUT2D eigenvalue weighted by Gasteiger charge is 2.35. The Morgan fingerprint density at radius 1 is 1.03 bits per heavy atom. The molecule has 1 aliphatic rings. The number of hydrogen-bond acceptors (Lipinski definition) is 6. The minimum absolute atomic E-state index is 0.00852. The van der Waals surface area contributed by atoms with Crippen LogP contribution in [0.1, 0.15) is 5.69 Å². The summed E-state index contributed by atoms with van der Waals surface area (Å²) >= 11 is 20.1. The molecular formula is C22H12Cl2N4O2S3. The van der Waals surface area contributed by atoms with Gasteiger partial charge in [-0.05, 0) is 66.8 Å². The Morgan fingerprint density at radius 2 is 1.70 bits per heavy atom. The molecule has 2 aromatic carbocycles. The number of hydrogen-bond donors (Lipinski definition) is 1. The number of fused-ring (bicyclic) bond motifs is 1. The standard InChI is InChI=1S/C22H12Cl2N4O2S3/c23-12-1-5-14(6-2-12)28-20(30)16(18(29)25-21(28)31)11-17-19(26-22-27(17)9-10-32-22)33-15-7-3-13(24)4-8-15/h1-11H,(H,25,29,31). The number of nitrogens with zero attached hydrogens (tertiary/aromatic N) is 3. The Balaban J connectivity index is 1.57. The Morgan fingerprint density at radius 3 is 2.39 bits per heavy atom. The molecule has 0 bridgehead atoms. The summed E-state index contributed by atoms with van der Waals surface area (Å²) in [6.07, 6.45) is 3.39. The molecule has 2 aromatic heterocycles. The van der Waals surface area contributed by atoms with Gasteiger partial charge in [0.25, 0.3) is 11.8 Å². The predicted octanol–water partition coefficient (Wildman–Crippen LogP) is 5.69. The molecule has 0 aliphatic carbocycles. The highest BCUT2D eigenvalue weighted by molar-refractivity contribution is 7.99. The first-order valence-corrected chi connectivity index (χ1v) is 12.3. The largest absolute Gasteiger partial charge is 0.298 e. The summed E-state index contributed by atoms with van der Waals surface area (Å²) < 4.78 is 1.84. The van der Waals surface area contributed by atoms with E-state index in [1.54, 1.807) is 42.5 Å². The molecule has 0 spiro atoms. The average molecular weight is 531 g/mol. The molecular weight excluding hydrogens is 519 g/mol. The van der Waals surface area contributed by atoms with Crippen molar-refractivity contribution in [2.75, 3.05) is 4.90 Å². The molecule has 1 aliphatic heterocycles. The van der Waals surface area contributed by atoms with E-state index in [1.807, 2.05) is 28.1 Å². The van der Waals surface area contributed by atoms with Gasteiger partial charge in [0.05, 0.1) is 11.4 Å². The lowest BCUT2D eigenvalue weighted by Gasteiger charge is -2.28. The molecule has 5 rings (SSSR count). The van der Waals surface area contributed by atoms with Crippen LogP contribution in [0.4, 0.5) is 5.69 Å². The quantitative estimate of drug-likeness (QED) is 0.208. The van der Waals surface area contributed by atoms with Crippen LogP contribution in [0.2, 0.25) is 10.0 Å². The molecule has 1 fully saturated rings. The summed E-state index contributed by atoms with van der Waals surface area (Å²) in [5.74, 6) is -1.10.